The summed E-state index contributed by atoms with van der Waals surface area (Å²) in [6, 6.07) is 8.78. The molecule has 4 heteroatoms. The third-order valence-corrected chi connectivity index (χ3v) is 4.83. The summed E-state index contributed by atoms with van der Waals surface area (Å²) >= 11 is 0. The number of nitrogens with one attached hydrogen (secondary N) is 2. The van der Waals surface area contributed by atoms with Crippen molar-refractivity contribution in [2.75, 3.05) is 20.1 Å². The Morgan fingerprint density at radius 2 is 2.14 bits per heavy atom. The minimum absolute atomic E-state index is 0.0891. The topological polar surface area (TPSA) is 44.4 Å². The summed E-state index contributed by atoms with van der Waals surface area (Å²) < 4.78 is 0. The number of nitrogens with zero attached hydrogens (tertiary/aromatic N) is 1. The quantitative estimate of drug-likeness (QED) is 0.881. The highest BCUT2D eigenvalue weighted by Crippen LogP contribution is 2.17. The second-order valence-electron chi connectivity index (χ2n) is 6.28. The molecule has 2 unspecified atom stereocenters. The average Bonchev–Trinajstić information content (AvgIpc) is 2.53. The molecule has 1 aromatic carbocycles. The van der Waals surface area contributed by atoms with E-state index < -0.39 is 0 Å². The van der Waals surface area contributed by atoms with Crippen molar-refractivity contribution in [3.63, 3.8) is 0 Å². The Morgan fingerprint density at radius 1 is 1.33 bits per heavy atom. The van der Waals surface area contributed by atoms with Gasteiger partial charge in [0.1, 0.15) is 0 Å². The van der Waals surface area contributed by atoms with E-state index in [2.05, 4.69) is 46.8 Å². The van der Waals surface area contributed by atoms with Gasteiger partial charge >= 0.3 is 0 Å². The molecular formula is C17H25N3O. The van der Waals surface area contributed by atoms with Gasteiger partial charge in [-0.05, 0) is 44.0 Å². The van der Waals surface area contributed by atoms with Crippen LogP contribution in [-0.4, -0.2) is 43.0 Å². The van der Waals surface area contributed by atoms with Gasteiger partial charge in [-0.1, -0.05) is 30.7 Å². The summed E-state index contributed by atoms with van der Waals surface area (Å²) in [5.74, 6) is 0.142. The summed E-state index contributed by atoms with van der Waals surface area (Å²) in [6.45, 7) is 2.71. The molecule has 1 saturated heterocycles. The van der Waals surface area contributed by atoms with Crippen molar-refractivity contribution in [1.82, 2.24) is 15.5 Å². The lowest BCUT2D eigenvalue weighted by atomic mass is 9.95. The van der Waals surface area contributed by atoms with Gasteiger partial charge in [-0.15, -0.1) is 0 Å². The summed E-state index contributed by atoms with van der Waals surface area (Å²) in [4.78, 5) is 14.7. The largest absolute Gasteiger partial charge is 0.353 e. The van der Waals surface area contributed by atoms with Crippen molar-refractivity contribution in [2.24, 2.45) is 0 Å². The fourth-order valence-electron chi connectivity index (χ4n) is 3.38. The maximum absolute atomic E-state index is 12.4. The van der Waals surface area contributed by atoms with Crippen LogP contribution in [0.3, 0.4) is 0 Å². The van der Waals surface area contributed by atoms with Gasteiger partial charge in [0.2, 0.25) is 5.91 Å². The van der Waals surface area contributed by atoms with Crippen LogP contribution in [0.2, 0.25) is 0 Å². The molecule has 3 rings (SSSR count). The average molecular weight is 287 g/mol. The summed E-state index contributed by atoms with van der Waals surface area (Å²) in [5, 5.41) is 6.49. The fourth-order valence-corrected chi connectivity index (χ4v) is 3.38. The van der Waals surface area contributed by atoms with E-state index in [4.69, 9.17) is 0 Å². The Bertz CT molecular complexity index is 503. The maximum Gasteiger partial charge on any atom is 0.237 e. The number of fused-ring (bicyclic) bond motifs is 1. The van der Waals surface area contributed by atoms with E-state index in [-0.39, 0.29) is 11.9 Å². The van der Waals surface area contributed by atoms with Gasteiger partial charge in [0, 0.05) is 19.1 Å². The van der Waals surface area contributed by atoms with Crippen molar-refractivity contribution >= 4 is 5.91 Å². The van der Waals surface area contributed by atoms with E-state index in [0.717, 1.165) is 26.1 Å². The first-order valence-electron chi connectivity index (χ1n) is 8.02. The number of rotatable bonds is 3. The van der Waals surface area contributed by atoms with Crippen molar-refractivity contribution in [1.29, 1.82) is 0 Å². The molecular weight excluding hydrogens is 262 g/mol. The summed E-state index contributed by atoms with van der Waals surface area (Å²) in [5.41, 5.74) is 2.61. The molecule has 21 heavy (non-hydrogen) atoms. The van der Waals surface area contributed by atoms with Crippen molar-refractivity contribution in [2.45, 2.75) is 44.3 Å². The normalized spacial score (nSPS) is 26.1. The molecule has 0 bridgehead atoms. The number of amides is 1. The van der Waals surface area contributed by atoms with Crippen LogP contribution in [0, 0.1) is 0 Å². The lowest BCUT2D eigenvalue weighted by molar-refractivity contribution is -0.123. The van der Waals surface area contributed by atoms with Crippen molar-refractivity contribution in [3.05, 3.63) is 35.4 Å². The Hall–Kier alpha value is -1.39. The van der Waals surface area contributed by atoms with Gasteiger partial charge in [-0.2, -0.15) is 0 Å². The highest BCUT2D eigenvalue weighted by Gasteiger charge is 2.25. The van der Waals surface area contributed by atoms with Gasteiger partial charge in [-0.25, -0.2) is 0 Å². The lowest BCUT2D eigenvalue weighted by Crippen LogP contribution is -2.51. The minimum Gasteiger partial charge on any atom is -0.353 e. The zero-order chi connectivity index (χ0) is 14.7. The molecule has 2 heterocycles. The van der Waals surface area contributed by atoms with Gasteiger partial charge in [0.05, 0.1) is 6.04 Å². The van der Waals surface area contributed by atoms with E-state index in [1.54, 1.807) is 0 Å². The van der Waals surface area contributed by atoms with Crippen LogP contribution in [-0.2, 0) is 17.8 Å². The second kappa shape index (κ2) is 6.58. The minimum atomic E-state index is -0.0891. The molecule has 2 N–H and O–H groups in total. The first-order valence-corrected chi connectivity index (χ1v) is 8.02. The molecule has 4 nitrogen and oxygen atoms in total. The number of likely N-dealkylation sites (tertiary alicyclic amines) is 1. The molecule has 0 radical (unpaired) electrons. The molecule has 1 fully saturated rings. The summed E-state index contributed by atoms with van der Waals surface area (Å²) in [6.07, 6.45) is 4.54. The molecule has 0 aromatic heterocycles. The van der Waals surface area contributed by atoms with E-state index in [9.17, 15) is 4.79 Å². The molecule has 114 valence electrons. The van der Waals surface area contributed by atoms with Crippen LogP contribution < -0.4 is 10.6 Å². The Kier molecular flexibility index (Phi) is 4.56. The Morgan fingerprint density at radius 3 is 2.95 bits per heavy atom. The van der Waals surface area contributed by atoms with E-state index in [1.165, 1.54) is 30.4 Å². The Labute approximate surface area is 126 Å². The highest BCUT2D eigenvalue weighted by molar-refractivity contribution is 5.82. The standard InChI is InChI=1S/C17H25N3O/c1-20-9-5-4-8-15(20)12-19-17(21)16-10-13-6-2-3-7-14(13)11-18-16/h2-3,6-7,15-16,18H,4-5,8-12H2,1H3,(H,19,21). The predicted octanol–water partition coefficient (Wildman–Crippen LogP) is 1.30. The Balaban J connectivity index is 1.52. The molecule has 1 amide bonds. The third kappa shape index (κ3) is 3.44. The van der Waals surface area contributed by atoms with Gasteiger partial charge in [0.25, 0.3) is 0 Å². The number of likely N-dealkylation sites (N-methyl/N-ethyl adjacent to an activating group) is 1. The molecule has 1 aromatic rings. The number of carbonyl (C=O) groups is 1. The van der Waals surface area contributed by atoms with E-state index in [0.29, 0.717) is 6.04 Å². The van der Waals surface area contributed by atoms with Gasteiger partial charge in [0.15, 0.2) is 0 Å². The highest BCUT2D eigenvalue weighted by atomic mass is 16.2. The number of carbonyl (C=O) groups excluding carboxylic acids is 1. The van der Waals surface area contributed by atoms with Crippen LogP contribution in [0.4, 0.5) is 0 Å². The molecule has 0 aliphatic carbocycles. The molecule has 0 spiro atoms. The fraction of sp³-hybridized carbons (Fsp3) is 0.588. The lowest BCUT2D eigenvalue weighted by Gasteiger charge is -2.33. The predicted molar refractivity (Wildman–Crippen MR) is 84.1 cm³/mol. The van der Waals surface area contributed by atoms with Crippen LogP contribution in [0.15, 0.2) is 24.3 Å². The first-order chi connectivity index (χ1) is 10.2. The molecule has 2 atom stereocenters. The van der Waals surface area contributed by atoms with Gasteiger partial charge < -0.3 is 15.5 Å². The first kappa shape index (κ1) is 14.5. The van der Waals surface area contributed by atoms with E-state index >= 15 is 0 Å². The molecule has 0 saturated carbocycles. The van der Waals surface area contributed by atoms with E-state index in [1.807, 2.05) is 0 Å². The molecule has 2 aliphatic rings. The molecule has 2 aliphatic heterocycles. The van der Waals surface area contributed by atoms with Crippen molar-refractivity contribution in [3.8, 4) is 0 Å². The third-order valence-electron chi connectivity index (χ3n) is 4.83. The maximum atomic E-state index is 12.4. The number of hydrogen-bond acceptors (Lipinski definition) is 3. The zero-order valence-corrected chi connectivity index (χ0v) is 12.8. The number of piperidine rings is 1. The smallest absolute Gasteiger partial charge is 0.237 e. The van der Waals surface area contributed by atoms with Crippen LogP contribution in [0.5, 0.6) is 0 Å². The van der Waals surface area contributed by atoms with Crippen molar-refractivity contribution < 1.29 is 4.79 Å². The summed E-state index contributed by atoms with van der Waals surface area (Å²) in [7, 11) is 2.16. The SMILES string of the molecule is CN1CCCCC1CNC(=O)C1Cc2ccccc2CN1. The number of hydrogen-bond donors (Lipinski definition) is 2. The van der Waals surface area contributed by atoms with Crippen LogP contribution in [0.1, 0.15) is 30.4 Å². The van der Waals surface area contributed by atoms with Crippen LogP contribution in [0.25, 0.3) is 0 Å². The number of benzene rings is 1. The van der Waals surface area contributed by atoms with Gasteiger partial charge in [-0.3, -0.25) is 4.79 Å². The zero-order valence-electron chi connectivity index (χ0n) is 12.8. The monoisotopic (exact) mass is 287 g/mol. The second-order valence-corrected chi connectivity index (χ2v) is 6.28. The van der Waals surface area contributed by atoms with Crippen LogP contribution >= 0.6 is 0 Å².